The van der Waals surface area contributed by atoms with Crippen LogP contribution in [0.5, 0.6) is 0 Å². The third-order valence-electron chi connectivity index (χ3n) is 1.27. The molecule has 0 amide bonds. The zero-order chi connectivity index (χ0) is 12.8. The van der Waals surface area contributed by atoms with Gasteiger partial charge in [-0.15, -0.1) is 0 Å². The summed E-state index contributed by atoms with van der Waals surface area (Å²) in [5.41, 5.74) is 15.5. The normalized spacial score (nSPS) is 7.89. The van der Waals surface area contributed by atoms with Crippen LogP contribution in [0.15, 0.2) is 10.2 Å². The molecule has 2 radical (unpaired) electrons. The summed E-state index contributed by atoms with van der Waals surface area (Å²) < 4.78 is 0. The topological polar surface area (TPSA) is 178 Å². The predicted molar refractivity (Wildman–Crippen MR) is 54.2 cm³/mol. The van der Waals surface area contributed by atoms with Gasteiger partial charge in [0.25, 0.3) is 0 Å². The van der Waals surface area contributed by atoms with E-state index < -0.39 is 12.1 Å². The van der Waals surface area contributed by atoms with E-state index in [4.69, 9.17) is 31.5 Å². The molecule has 18 heavy (non-hydrogen) atoms. The van der Waals surface area contributed by atoms with Gasteiger partial charge in [-0.25, -0.2) is 0 Å². The molecular formula is C6H14Ac2N6O4. The molecule has 0 aromatic rings. The maximum atomic E-state index is 8.23. The van der Waals surface area contributed by atoms with E-state index in [0.717, 1.165) is 0 Å². The van der Waals surface area contributed by atoms with Crippen LogP contribution >= 0.6 is 0 Å². The molecule has 0 aliphatic heterocycles. The standard InChI is InChI=1S/2C3H7N3O2.2Ac/c2*4-6-5-3(1-7)2-8;;/h2*3,7-8H,1-2H2;;. The van der Waals surface area contributed by atoms with E-state index in [1.165, 1.54) is 0 Å². The van der Waals surface area contributed by atoms with Crippen molar-refractivity contribution in [3.63, 3.8) is 0 Å². The van der Waals surface area contributed by atoms with Gasteiger partial charge in [-0.1, -0.05) is 10.2 Å². The molecule has 98 valence electrons. The second-order valence-corrected chi connectivity index (χ2v) is 2.45. The fourth-order valence-corrected chi connectivity index (χ4v) is 0.408. The minimum Gasteiger partial charge on any atom is -0.396 e. The monoisotopic (exact) mass is 688 g/mol. The van der Waals surface area contributed by atoms with E-state index in [-0.39, 0.29) is 115 Å². The Hall–Kier alpha value is 1.34. The van der Waals surface area contributed by atoms with Gasteiger partial charge in [-0.05, 0) is 11.1 Å². The zero-order valence-electron chi connectivity index (χ0n) is 9.61. The van der Waals surface area contributed by atoms with Crippen molar-refractivity contribution in [2.75, 3.05) is 26.4 Å². The summed E-state index contributed by atoms with van der Waals surface area (Å²) in [7, 11) is 0. The minimum absolute atomic E-state index is 0. The van der Waals surface area contributed by atoms with Crippen molar-refractivity contribution in [3.8, 4) is 0 Å². The maximum Gasteiger partial charge on any atom is 0.0836 e. The Morgan fingerprint density at radius 1 is 0.722 bits per heavy atom. The average molecular weight is 688 g/mol. The van der Waals surface area contributed by atoms with Gasteiger partial charge in [-0.3, -0.25) is 0 Å². The minimum atomic E-state index is -0.681. The van der Waals surface area contributed by atoms with Crippen molar-refractivity contribution < 1.29 is 109 Å². The van der Waals surface area contributed by atoms with Gasteiger partial charge in [0.05, 0.1) is 38.5 Å². The van der Waals surface area contributed by atoms with Crippen molar-refractivity contribution in [1.29, 1.82) is 0 Å². The summed E-state index contributed by atoms with van der Waals surface area (Å²) in [4.78, 5) is 4.77. The van der Waals surface area contributed by atoms with Crippen LogP contribution in [-0.2, 0) is 0 Å². The van der Waals surface area contributed by atoms with Crippen LogP contribution in [-0.4, -0.2) is 58.9 Å². The fraction of sp³-hybridized carbons (Fsp3) is 1.00. The number of aliphatic hydroxyl groups is 4. The molecule has 4 N–H and O–H groups in total. The van der Waals surface area contributed by atoms with Gasteiger partial charge in [0.1, 0.15) is 0 Å². The Morgan fingerprint density at radius 2 is 0.944 bits per heavy atom. The molecule has 0 atom stereocenters. The van der Waals surface area contributed by atoms with Gasteiger partial charge in [-0.2, -0.15) is 0 Å². The van der Waals surface area contributed by atoms with Gasteiger partial charge >= 0.3 is 0 Å². The Morgan fingerprint density at radius 3 is 1.00 bits per heavy atom. The number of aliphatic hydroxyl groups excluding tert-OH is 4. The summed E-state index contributed by atoms with van der Waals surface area (Å²) in [6.07, 6.45) is 0. The first-order valence-corrected chi connectivity index (χ1v) is 4.21. The largest absolute Gasteiger partial charge is 0.396 e. The van der Waals surface area contributed by atoms with Crippen LogP contribution in [0.25, 0.3) is 20.9 Å². The third-order valence-corrected chi connectivity index (χ3v) is 1.27. The van der Waals surface area contributed by atoms with Crippen LogP contribution in [0.1, 0.15) is 0 Å². The smallest absolute Gasteiger partial charge is 0.0836 e. The molecule has 0 spiro atoms. The summed E-state index contributed by atoms with van der Waals surface area (Å²) in [5.74, 6) is 0. The quantitative estimate of drug-likeness (QED) is 0.164. The fourth-order valence-electron chi connectivity index (χ4n) is 0.408. The Balaban J connectivity index is -0.0000000980. The number of hydrogen-bond acceptors (Lipinski definition) is 6. The predicted octanol–water partition coefficient (Wildman–Crippen LogP) is -0.700. The zero-order valence-corrected chi connectivity index (χ0v) is 19.1. The van der Waals surface area contributed by atoms with Crippen molar-refractivity contribution in [1.82, 2.24) is 0 Å². The maximum absolute atomic E-state index is 8.23. The van der Waals surface area contributed by atoms with E-state index in [1.54, 1.807) is 0 Å². The second-order valence-electron chi connectivity index (χ2n) is 2.45. The van der Waals surface area contributed by atoms with Crippen molar-refractivity contribution in [2.45, 2.75) is 12.1 Å². The third kappa shape index (κ3) is 19.7. The van der Waals surface area contributed by atoms with Gasteiger partial charge < -0.3 is 20.4 Å². The summed E-state index contributed by atoms with van der Waals surface area (Å²) in [5, 5.41) is 39.0. The molecule has 0 aliphatic carbocycles. The number of nitrogens with zero attached hydrogens (tertiary/aromatic N) is 6. The van der Waals surface area contributed by atoms with Gasteiger partial charge in [0.2, 0.25) is 0 Å². The molecule has 0 fully saturated rings. The van der Waals surface area contributed by atoms with E-state index >= 15 is 0 Å². The van der Waals surface area contributed by atoms with Crippen LogP contribution in [0.4, 0.5) is 0 Å². The number of hydrogen-bond donors (Lipinski definition) is 4. The van der Waals surface area contributed by atoms with Crippen LogP contribution in [0.3, 0.4) is 0 Å². The molecule has 10 nitrogen and oxygen atoms in total. The van der Waals surface area contributed by atoms with E-state index in [0.29, 0.717) is 0 Å². The first-order chi connectivity index (χ1) is 7.69. The van der Waals surface area contributed by atoms with E-state index in [9.17, 15) is 0 Å². The van der Waals surface area contributed by atoms with Crippen LogP contribution in [0.2, 0.25) is 0 Å². The van der Waals surface area contributed by atoms with Crippen molar-refractivity contribution >= 4 is 0 Å². The molecule has 0 aliphatic rings. The van der Waals surface area contributed by atoms with E-state index in [2.05, 4.69) is 20.1 Å². The Bertz CT molecular complexity index is 224. The molecule has 0 bridgehead atoms. The molecule has 0 heterocycles. The van der Waals surface area contributed by atoms with Crippen LogP contribution in [0, 0.1) is 88.1 Å². The Kier molecular flexibility index (Phi) is 36.0. The summed E-state index contributed by atoms with van der Waals surface area (Å²) >= 11 is 0. The van der Waals surface area contributed by atoms with E-state index in [1.807, 2.05) is 0 Å². The van der Waals surface area contributed by atoms with Crippen molar-refractivity contribution in [2.24, 2.45) is 10.2 Å². The van der Waals surface area contributed by atoms with Gasteiger partial charge in [0.15, 0.2) is 0 Å². The van der Waals surface area contributed by atoms with Crippen LogP contribution < -0.4 is 0 Å². The molecule has 0 saturated carbocycles. The molecule has 0 saturated heterocycles. The molecule has 12 heteroatoms. The second kappa shape index (κ2) is 23.4. The molecule has 0 unspecified atom stereocenters. The number of azide groups is 2. The first-order valence-electron chi connectivity index (χ1n) is 4.21. The average Bonchev–Trinajstić information content (AvgIpc) is 2.33. The SMILES string of the molecule is [Ac].[Ac].[N-]=[N+]=NC(CO)CO.[N-]=[N+]=NC(CO)CO. The molecule has 0 aromatic heterocycles. The molecule has 0 aromatic carbocycles. The number of rotatable bonds is 6. The summed E-state index contributed by atoms with van der Waals surface area (Å²) in [6.45, 7) is -1.22. The van der Waals surface area contributed by atoms with Crippen molar-refractivity contribution in [3.05, 3.63) is 20.9 Å². The molecule has 0 rings (SSSR count). The summed E-state index contributed by atoms with van der Waals surface area (Å²) in [6, 6.07) is -1.36. The molecular weight excluding hydrogens is 674 g/mol. The first kappa shape index (κ1) is 27.6. The Labute approximate surface area is 175 Å². The van der Waals surface area contributed by atoms with Gasteiger partial charge in [0, 0.05) is 97.9 Å².